The van der Waals surface area contributed by atoms with Gasteiger partial charge in [0.2, 0.25) is 0 Å². The normalized spacial score (nSPS) is 13.8. The van der Waals surface area contributed by atoms with E-state index in [1.165, 1.54) is 0 Å². The highest BCUT2D eigenvalue weighted by Crippen LogP contribution is 2.26. The molecule has 4 rings (SSSR count). The average Bonchev–Trinajstić information content (AvgIpc) is 2.58. The van der Waals surface area contributed by atoms with E-state index in [1.807, 2.05) is 6.07 Å². The molecule has 0 radical (unpaired) electrons. The van der Waals surface area contributed by atoms with Gasteiger partial charge in [-0.15, -0.1) is 0 Å². The van der Waals surface area contributed by atoms with Crippen LogP contribution in [0.1, 0.15) is 31.7 Å². The first-order valence-corrected chi connectivity index (χ1v) is 8.88. The van der Waals surface area contributed by atoms with Crippen molar-refractivity contribution in [3.8, 4) is 0 Å². The fourth-order valence-corrected chi connectivity index (χ4v) is 3.94. The molecule has 24 heavy (non-hydrogen) atoms. The molecule has 1 aliphatic heterocycles. The van der Waals surface area contributed by atoms with Crippen LogP contribution in [0, 0.1) is 0 Å². The average molecular weight is 343 g/mol. The zero-order chi connectivity index (χ0) is 16.8. The maximum absolute atomic E-state index is 13.2. The maximum atomic E-state index is 13.2. The van der Waals surface area contributed by atoms with Crippen molar-refractivity contribution in [3.05, 3.63) is 55.4 Å². The number of pyridine rings is 2. The lowest BCUT2D eigenvalue weighted by Crippen LogP contribution is -2.30. The van der Waals surface area contributed by atoms with Crippen LogP contribution in [0.2, 0.25) is 5.02 Å². The molecule has 1 aliphatic rings. The van der Waals surface area contributed by atoms with Crippen molar-refractivity contribution in [1.82, 2.24) is 9.13 Å². The summed E-state index contributed by atoms with van der Waals surface area (Å²) >= 11 is 6.16. The largest absolute Gasteiger partial charge is 0.326 e. The molecule has 0 bridgehead atoms. The number of aryl methyl sites for hydroxylation is 3. The van der Waals surface area contributed by atoms with Gasteiger partial charge in [0.05, 0.1) is 10.9 Å². The first kappa shape index (κ1) is 15.5. The summed E-state index contributed by atoms with van der Waals surface area (Å²) in [5.41, 5.74) is 2.46. The van der Waals surface area contributed by atoms with E-state index in [1.54, 1.807) is 22.8 Å². The second-order valence-corrected chi connectivity index (χ2v) is 6.89. The van der Waals surface area contributed by atoms with Gasteiger partial charge in [-0.05, 0) is 43.0 Å². The number of rotatable bonds is 3. The Labute approximate surface area is 144 Å². The molecule has 3 heterocycles. The number of hydrogen-bond donors (Lipinski definition) is 0. The Hall–Kier alpha value is -2.07. The summed E-state index contributed by atoms with van der Waals surface area (Å²) in [6.07, 6.45) is 3.64. The van der Waals surface area contributed by atoms with E-state index < -0.39 is 0 Å². The summed E-state index contributed by atoms with van der Waals surface area (Å²) in [6.45, 7) is 3.57. The maximum Gasteiger partial charge on any atom is 0.252 e. The van der Waals surface area contributed by atoms with Gasteiger partial charge >= 0.3 is 0 Å². The second-order valence-electron chi connectivity index (χ2n) is 6.46. The van der Waals surface area contributed by atoms with Crippen molar-refractivity contribution in [2.75, 3.05) is 0 Å². The molecule has 0 aliphatic carbocycles. The third-order valence-corrected chi connectivity index (χ3v) is 5.14. The Morgan fingerprint density at radius 1 is 1.12 bits per heavy atom. The quantitative estimate of drug-likeness (QED) is 0.681. The van der Waals surface area contributed by atoms with E-state index in [2.05, 4.69) is 11.5 Å². The van der Waals surface area contributed by atoms with E-state index >= 15 is 0 Å². The number of benzene rings is 1. The Kier molecular flexibility index (Phi) is 3.72. The van der Waals surface area contributed by atoms with E-state index in [4.69, 9.17) is 11.6 Å². The van der Waals surface area contributed by atoms with Gasteiger partial charge in [-0.1, -0.05) is 24.9 Å². The molecule has 3 aromatic rings. The SMILES string of the molecule is CCCCc1cc(=O)n2c3c1c(=O)c1ccc(Cl)cc1n3CCC2. The molecule has 4 nitrogen and oxygen atoms in total. The van der Waals surface area contributed by atoms with Crippen LogP contribution in [0.5, 0.6) is 0 Å². The summed E-state index contributed by atoms with van der Waals surface area (Å²) < 4.78 is 3.84. The number of unbranched alkanes of at least 4 members (excludes halogenated alkanes) is 1. The van der Waals surface area contributed by atoms with E-state index in [-0.39, 0.29) is 11.0 Å². The zero-order valence-electron chi connectivity index (χ0n) is 13.6. The molecular formula is C19H19ClN2O2. The van der Waals surface area contributed by atoms with Crippen LogP contribution < -0.4 is 11.0 Å². The zero-order valence-corrected chi connectivity index (χ0v) is 14.4. The monoisotopic (exact) mass is 342 g/mol. The molecule has 0 N–H and O–H groups in total. The van der Waals surface area contributed by atoms with E-state index in [0.29, 0.717) is 22.3 Å². The Morgan fingerprint density at radius 2 is 1.92 bits per heavy atom. The lowest BCUT2D eigenvalue weighted by Gasteiger charge is -2.24. The van der Waals surface area contributed by atoms with E-state index in [9.17, 15) is 9.59 Å². The van der Waals surface area contributed by atoms with Crippen LogP contribution in [0.4, 0.5) is 0 Å². The lowest BCUT2D eigenvalue weighted by molar-refractivity contribution is 0.524. The standard InChI is InChI=1S/C19H19ClN2O2/c1-2-3-5-12-10-16(23)22-9-4-8-21-15-11-13(20)6-7-14(15)18(24)17(12)19(21)22/h6-7,10-11H,2-5,8-9H2,1H3. The second kappa shape index (κ2) is 5.78. The summed E-state index contributed by atoms with van der Waals surface area (Å²) in [5.74, 6) is 0. The number of hydrogen-bond acceptors (Lipinski definition) is 2. The predicted molar refractivity (Wildman–Crippen MR) is 98.2 cm³/mol. The Bertz CT molecular complexity index is 1080. The summed E-state index contributed by atoms with van der Waals surface area (Å²) in [7, 11) is 0. The summed E-state index contributed by atoms with van der Waals surface area (Å²) in [4.78, 5) is 25.7. The highest BCUT2D eigenvalue weighted by atomic mass is 35.5. The van der Waals surface area contributed by atoms with Crippen molar-refractivity contribution in [1.29, 1.82) is 0 Å². The summed E-state index contributed by atoms with van der Waals surface area (Å²) in [6, 6.07) is 7.05. The number of nitrogens with zero attached hydrogens (tertiary/aromatic N) is 2. The third kappa shape index (κ3) is 2.20. The first-order valence-electron chi connectivity index (χ1n) is 8.50. The molecule has 1 aromatic carbocycles. The van der Waals surface area contributed by atoms with Gasteiger partial charge in [0.25, 0.3) is 5.56 Å². The molecule has 0 saturated carbocycles. The van der Waals surface area contributed by atoms with Crippen LogP contribution in [-0.2, 0) is 19.5 Å². The Balaban J connectivity index is 2.24. The van der Waals surface area contributed by atoms with Crippen LogP contribution in [-0.4, -0.2) is 9.13 Å². The molecule has 5 heteroatoms. The van der Waals surface area contributed by atoms with Crippen molar-refractivity contribution in [2.24, 2.45) is 0 Å². The van der Waals surface area contributed by atoms with Gasteiger partial charge in [-0.25, -0.2) is 0 Å². The van der Waals surface area contributed by atoms with Gasteiger partial charge in [0.15, 0.2) is 5.43 Å². The van der Waals surface area contributed by atoms with Gasteiger partial charge in [-0.2, -0.15) is 0 Å². The van der Waals surface area contributed by atoms with Crippen LogP contribution in [0.3, 0.4) is 0 Å². The number of aromatic nitrogens is 2. The fourth-order valence-electron chi connectivity index (χ4n) is 3.77. The van der Waals surface area contributed by atoms with Crippen molar-refractivity contribution >= 4 is 33.5 Å². The van der Waals surface area contributed by atoms with Gasteiger partial charge < -0.3 is 4.57 Å². The number of fused-ring (bicyclic) bond motifs is 2. The minimum atomic E-state index is -0.0113. The minimum Gasteiger partial charge on any atom is -0.326 e. The molecule has 0 unspecified atom stereocenters. The van der Waals surface area contributed by atoms with Crippen LogP contribution >= 0.6 is 11.6 Å². The van der Waals surface area contributed by atoms with Gasteiger partial charge in [0, 0.05) is 29.6 Å². The molecule has 0 fully saturated rings. The summed E-state index contributed by atoms with van der Waals surface area (Å²) in [5, 5.41) is 1.99. The highest BCUT2D eigenvalue weighted by Gasteiger charge is 2.21. The van der Waals surface area contributed by atoms with Gasteiger partial charge in [-0.3, -0.25) is 14.2 Å². The topological polar surface area (TPSA) is 44.0 Å². The molecule has 2 aromatic heterocycles. The van der Waals surface area contributed by atoms with Crippen molar-refractivity contribution in [2.45, 2.75) is 45.7 Å². The minimum absolute atomic E-state index is 0.00895. The van der Waals surface area contributed by atoms with Crippen molar-refractivity contribution < 1.29 is 0 Å². The van der Waals surface area contributed by atoms with Crippen LogP contribution in [0.25, 0.3) is 21.9 Å². The molecule has 0 spiro atoms. The lowest BCUT2D eigenvalue weighted by atomic mass is 10.0. The third-order valence-electron chi connectivity index (χ3n) is 4.91. The Morgan fingerprint density at radius 3 is 2.71 bits per heavy atom. The first-order chi connectivity index (χ1) is 11.6. The molecule has 0 amide bonds. The van der Waals surface area contributed by atoms with Crippen molar-refractivity contribution in [3.63, 3.8) is 0 Å². The molecule has 0 atom stereocenters. The number of halogens is 1. The molecule has 124 valence electrons. The highest BCUT2D eigenvalue weighted by molar-refractivity contribution is 6.31. The molecule has 0 saturated heterocycles. The smallest absolute Gasteiger partial charge is 0.252 e. The predicted octanol–water partition coefficient (Wildman–Crippen LogP) is 3.72. The van der Waals surface area contributed by atoms with Crippen LogP contribution in [0.15, 0.2) is 33.9 Å². The molecular weight excluding hydrogens is 324 g/mol. The van der Waals surface area contributed by atoms with Gasteiger partial charge in [0.1, 0.15) is 5.65 Å². The fraction of sp³-hybridized carbons (Fsp3) is 0.368. The van der Waals surface area contributed by atoms with E-state index in [0.717, 1.165) is 49.0 Å².